The van der Waals surface area contributed by atoms with Crippen molar-refractivity contribution in [1.82, 2.24) is 25.4 Å². The van der Waals surface area contributed by atoms with Gasteiger partial charge in [-0.2, -0.15) is 0 Å². The number of hydrogen-bond acceptors (Lipinski definition) is 9. The highest BCUT2D eigenvalue weighted by atomic mass is 32.1. The molecule has 1 aromatic rings. The van der Waals surface area contributed by atoms with E-state index in [1.807, 2.05) is 27.7 Å². The van der Waals surface area contributed by atoms with Crippen LogP contribution in [0.4, 0.5) is 0 Å². The molecule has 1 aromatic heterocycles. The molecule has 42 heavy (non-hydrogen) atoms. The van der Waals surface area contributed by atoms with Gasteiger partial charge in [0, 0.05) is 37.4 Å². The number of nitrogens with one attached hydrogen (secondary N) is 2. The zero-order valence-corrected chi connectivity index (χ0v) is 26.7. The van der Waals surface area contributed by atoms with Gasteiger partial charge in [-0.15, -0.1) is 11.3 Å². The van der Waals surface area contributed by atoms with Crippen molar-refractivity contribution in [2.75, 3.05) is 27.7 Å². The summed E-state index contributed by atoms with van der Waals surface area (Å²) in [7, 11) is 5.26. The molecule has 0 spiro atoms. The maximum atomic E-state index is 13.8. The quantitative estimate of drug-likeness (QED) is 0.255. The summed E-state index contributed by atoms with van der Waals surface area (Å²) >= 11 is 1.19. The first-order valence-electron chi connectivity index (χ1n) is 14.4. The van der Waals surface area contributed by atoms with Crippen molar-refractivity contribution in [2.45, 2.75) is 90.4 Å². The largest absolute Gasteiger partial charge is 0.481 e. The molecular formula is C29H45N5O7S. The van der Waals surface area contributed by atoms with Crippen molar-refractivity contribution in [1.29, 1.82) is 0 Å². The maximum absolute atomic E-state index is 13.8. The summed E-state index contributed by atoms with van der Waals surface area (Å²) in [6.07, 6.45) is 1.38. The van der Waals surface area contributed by atoms with E-state index in [1.165, 1.54) is 18.3 Å². The van der Waals surface area contributed by atoms with E-state index in [2.05, 4.69) is 15.6 Å². The number of rotatable bonds is 15. The van der Waals surface area contributed by atoms with Crippen LogP contribution in [-0.2, 0) is 23.9 Å². The summed E-state index contributed by atoms with van der Waals surface area (Å²) in [4.78, 5) is 70.6. The molecule has 4 atom stereocenters. The lowest BCUT2D eigenvalue weighted by molar-refractivity contribution is -0.196. The van der Waals surface area contributed by atoms with Gasteiger partial charge in [0.25, 0.3) is 5.91 Å². The van der Waals surface area contributed by atoms with E-state index in [0.29, 0.717) is 30.7 Å². The molecule has 3 aliphatic carbocycles. The summed E-state index contributed by atoms with van der Waals surface area (Å²) in [5.41, 5.74) is -1.03. The van der Waals surface area contributed by atoms with Gasteiger partial charge in [0.05, 0.1) is 12.0 Å². The predicted molar refractivity (Wildman–Crippen MR) is 157 cm³/mol. The van der Waals surface area contributed by atoms with Gasteiger partial charge in [0.15, 0.2) is 6.10 Å². The molecule has 3 saturated carbocycles. The number of likely N-dealkylation sites (N-methyl/N-ethyl adjacent to an activating group) is 2. The highest BCUT2D eigenvalue weighted by Crippen LogP contribution is 2.67. The summed E-state index contributed by atoms with van der Waals surface area (Å²) in [5, 5.41) is 17.2. The van der Waals surface area contributed by atoms with Crippen LogP contribution in [0.1, 0.15) is 88.3 Å². The Balaban J connectivity index is 1.75. The fourth-order valence-electron chi connectivity index (χ4n) is 6.06. The fourth-order valence-corrected chi connectivity index (χ4v) is 6.90. The Morgan fingerprint density at radius 1 is 1.12 bits per heavy atom. The number of aliphatic carboxylic acids is 1. The second-order valence-electron chi connectivity index (χ2n) is 12.7. The molecule has 2 bridgehead atoms. The van der Waals surface area contributed by atoms with Gasteiger partial charge in [-0.05, 0) is 45.2 Å². The third kappa shape index (κ3) is 7.28. The second-order valence-corrected chi connectivity index (χ2v) is 13.6. The molecule has 3 aliphatic rings. The van der Waals surface area contributed by atoms with Crippen molar-refractivity contribution >= 4 is 41.0 Å². The Morgan fingerprint density at radius 2 is 1.74 bits per heavy atom. The van der Waals surface area contributed by atoms with E-state index in [0.717, 1.165) is 0 Å². The lowest BCUT2D eigenvalue weighted by atomic mass is 9.39. The van der Waals surface area contributed by atoms with Gasteiger partial charge >= 0.3 is 11.9 Å². The molecule has 0 aromatic carbocycles. The lowest BCUT2D eigenvalue weighted by Crippen LogP contribution is -2.77. The Morgan fingerprint density at radius 3 is 2.24 bits per heavy atom. The summed E-state index contributed by atoms with van der Waals surface area (Å²) in [6, 6.07) is -1.08. The Bertz CT molecular complexity index is 1180. The first-order valence-corrected chi connectivity index (χ1v) is 15.3. The minimum absolute atomic E-state index is 0.0272. The normalized spacial score (nSPS) is 23.6. The number of nitrogens with zero attached hydrogens (tertiary/aromatic N) is 3. The maximum Gasteiger partial charge on any atom is 0.309 e. The van der Waals surface area contributed by atoms with Crippen molar-refractivity contribution < 1.29 is 33.8 Å². The van der Waals surface area contributed by atoms with Crippen LogP contribution in [0.5, 0.6) is 0 Å². The molecule has 0 unspecified atom stereocenters. The molecule has 0 radical (unpaired) electrons. The zero-order chi connectivity index (χ0) is 31.6. The van der Waals surface area contributed by atoms with Gasteiger partial charge in [0.2, 0.25) is 11.8 Å². The highest BCUT2D eigenvalue weighted by molar-refractivity contribution is 7.09. The van der Waals surface area contributed by atoms with Crippen LogP contribution in [0.3, 0.4) is 0 Å². The van der Waals surface area contributed by atoms with Crippen LogP contribution in [0.15, 0.2) is 5.38 Å². The van der Waals surface area contributed by atoms with Crippen molar-refractivity contribution in [3.63, 3.8) is 0 Å². The monoisotopic (exact) mass is 607 g/mol. The molecule has 3 fully saturated rings. The Kier molecular flexibility index (Phi) is 10.4. The van der Waals surface area contributed by atoms with Gasteiger partial charge in [-0.1, -0.05) is 34.1 Å². The molecule has 4 rings (SSSR count). The summed E-state index contributed by atoms with van der Waals surface area (Å²) in [5.74, 6) is -2.33. The third-order valence-electron chi connectivity index (χ3n) is 8.53. The lowest BCUT2D eigenvalue weighted by Gasteiger charge is -2.67. The number of hydrogen-bond donors (Lipinski definition) is 3. The fraction of sp³-hybridized carbons (Fsp3) is 0.724. The second kappa shape index (κ2) is 13.1. The van der Waals surface area contributed by atoms with E-state index in [1.54, 1.807) is 36.3 Å². The molecular weight excluding hydrogens is 562 g/mol. The van der Waals surface area contributed by atoms with Crippen LogP contribution in [-0.4, -0.2) is 94.9 Å². The number of aromatic nitrogens is 1. The molecule has 234 valence electrons. The number of carboxylic acid groups (broad SMARTS) is 1. The zero-order valence-electron chi connectivity index (χ0n) is 25.9. The van der Waals surface area contributed by atoms with Crippen LogP contribution in [0.25, 0.3) is 0 Å². The van der Waals surface area contributed by atoms with Crippen LogP contribution < -0.4 is 10.6 Å². The molecule has 1 heterocycles. The number of carbonyl (C=O) groups excluding carboxylic acids is 4. The van der Waals surface area contributed by atoms with E-state index in [4.69, 9.17) is 4.74 Å². The molecule has 12 nitrogen and oxygen atoms in total. The van der Waals surface area contributed by atoms with Gasteiger partial charge in [-0.3, -0.25) is 24.0 Å². The van der Waals surface area contributed by atoms with Crippen LogP contribution in [0, 0.1) is 17.3 Å². The van der Waals surface area contributed by atoms with E-state index in [-0.39, 0.29) is 48.4 Å². The van der Waals surface area contributed by atoms with Gasteiger partial charge in [0.1, 0.15) is 16.7 Å². The smallest absolute Gasteiger partial charge is 0.309 e. The van der Waals surface area contributed by atoms with E-state index in [9.17, 15) is 29.1 Å². The van der Waals surface area contributed by atoms with Crippen molar-refractivity contribution in [2.24, 2.45) is 17.3 Å². The minimum Gasteiger partial charge on any atom is -0.481 e. The third-order valence-corrected chi connectivity index (χ3v) is 9.46. The summed E-state index contributed by atoms with van der Waals surface area (Å²) in [6.45, 7) is 9.29. The van der Waals surface area contributed by atoms with Gasteiger partial charge < -0.3 is 30.3 Å². The van der Waals surface area contributed by atoms with Crippen LogP contribution in [0.2, 0.25) is 0 Å². The standard InChI is InChI=1S/C29H45N5O7S/c1-9-17(4)23(31-22(36)11-33(6)7)26(38)34(8)20(16(2)3)10-21(41-18(5)35)25-30-19(12-42-25)24(37)32-29-13-28(14-29,15-29)27(39)40/h12,16-17,20-21,23H,9-11,13-15H2,1-8H3,(H,31,36)(H,32,37)(H,39,40)/t17-,20+,21+,23-,28?,29?/m0/s1. The average Bonchev–Trinajstić information content (AvgIpc) is 3.34. The number of carbonyl (C=O) groups is 5. The van der Waals surface area contributed by atoms with Crippen molar-refractivity contribution in [3.8, 4) is 0 Å². The number of amides is 3. The Hall–Kier alpha value is -3.06. The number of carboxylic acids is 1. The van der Waals surface area contributed by atoms with Crippen molar-refractivity contribution in [3.05, 3.63) is 16.1 Å². The molecule has 3 amide bonds. The topological polar surface area (TPSA) is 158 Å². The average molecular weight is 608 g/mol. The first kappa shape index (κ1) is 33.4. The van der Waals surface area contributed by atoms with E-state index >= 15 is 0 Å². The number of ether oxygens (including phenoxy) is 1. The van der Waals surface area contributed by atoms with Gasteiger partial charge in [-0.25, -0.2) is 4.98 Å². The summed E-state index contributed by atoms with van der Waals surface area (Å²) < 4.78 is 5.66. The number of esters is 1. The minimum atomic E-state index is -0.826. The highest BCUT2D eigenvalue weighted by Gasteiger charge is 2.72. The molecule has 3 N–H and O–H groups in total. The molecule has 0 aliphatic heterocycles. The Labute approximate surface area is 251 Å². The predicted octanol–water partition coefficient (Wildman–Crippen LogP) is 2.45. The SMILES string of the molecule is CC[C@H](C)[C@H](NC(=O)CN(C)C)C(=O)N(C)[C@H](C[C@@H](OC(C)=O)c1nc(C(=O)NC23CC(C(=O)O)(C2)C3)cs1)C(C)C. The molecule has 0 saturated heterocycles. The van der Waals surface area contributed by atoms with E-state index < -0.39 is 40.9 Å². The number of thiazole rings is 1. The van der Waals surface area contributed by atoms with Crippen LogP contribution >= 0.6 is 11.3 Å². The first-order chi connectivity index (χ1) is 19.5. The molecule has 13 heteroatoms.